The van der Waals surface area contributed by atoms with Crippen LogP contribution in [-0.2, 0) is 14.3 Å². The van der Waals surface area contributed by atoms with Crippen LogP contribution in [0.4, 0.5) is 13.6 Å². The number of alkyl halides is 2. The quantitative estimate of drug-likeness (QED) is 0.499. The summed E-state index contributed by atoms with van der Waals surface area (Å²) in [5, 5.41) is 13.7. The molecule has 0 saturated carbocycles. The van der Waals surface area contributed by atoms with Gasteiger partial charge in [0.05, 0.1) is 0 Å². The fourth-order valence-corrected chi connectivity index (χ4v) is 3.99. The normalized spacial score (nSPS) is 14.2. The Morgan fingerprint density at radius 3 is 2.12 bits per heavy atom. The van der Waals surface area contributed by atoms with E-state index in [1.54, 1.807) is 0 Å². The lowest BCUT2D eigenvalue weighted by Crippen LogP contribution is -2.49. The van der Waals surface area contributed by atoms with E-state index in [0.29, 0.717) is 0 Å². The molecule has 0 aromatic heterocycles. The monoisotopic (exact) mass is 460 g/mol. The first kappa shape index (κ1) is 24.2. The number of fused-ring (bicyclic) bond motifs is 3. The molecule has 0 fully saturated rings. The SMILES string of the molecule is CC(CC(F)F)NC(=O)C(CCC(=O)O)NC(=O)OCC1c2ccccc2-c2ccccc21. The van der Waals surface area contributed by atoms with Gasteiger partial charge in [-0.2, -0.15) is 0 Å². The smallest absolute Gasteiger partial charge is 0.407 e. The van der Waals surface area contributed by atoms with Crippen molar-refractivity contribution in [3.8, 4) is 11.1 Å². The van der Waals surface area contributed by atoms with Crippen LogP contribution in [0.15, 0.2) is 48.5 Å². The molecule has 0 bridgehead atoms. The van der Waals surface area contributed by atoms with Gasteiger partial charge in [-0.05, 0) is 35.6 Å². The van der Waals surface area contributed by atoms with E-state index in [0.717, 1.165) is 22.3 Å². The third-order valence-electron chi connectivity index (χ3n) is 5.52. The van der Waals surface area contributed by atoms with Gasteiger partial charge in [0.1, 0.15) is 12.6 Å². The Morgan fingerprint density at radius 1 is 1.00 bits per heavy atom. The number of nitrogens with one attached hydrogen (secondary N) is 2. The summed E-state index contributed by atoms with van der Waals surface area (Å²) in [7, 11) is 0. The lowest BCUT2D eigenvalue weighted by Gasteiger charge is -2.21. The molecule has 2 unspecified atom stereocenters. The number of ether oxygens (including phenoxy) is 1. The van der Waals surface area contributed by atoms with Gasteiger partial charge in [-0.25, -0.2) is 13.6 Å². The Balaban J connectivity index is 1.64. The first-order chi connectivity index (χ1) is 15.8. The molecule has 0 heterocycles. The summed E-state index contributed by atoms with van der Waals surface area (Å²) in [6, 6.07) is 13.6. The van der Waals surface area contributed by atoms with E-state index in [9.17, 15) is 23.2 Å². The summed E-state index contributed by atoms with van der Waals surface area (Å²) in [5.41, 5.74) is 4.17. The number of carboxylic acids is 1. The summed E-state index contributed by atoms with van der Waals surface area (Å²) in [6.07, 6.45) is -4.63. The van der Waals surface area contributed by atoms with Gasteiger partial charge in [0.2, 0.25) is 12.3 Å². The van der Waals surface area contributed by atoms with Crippen LogP contribution in [0.25, 0.3) is 11.1 Å². The molecular weight excluding hydrogens is 434 g/mol. The van der Waals surface area contributed by atoms with Crippen molar-refractivity contribution in [2.24, 2.45) is 0 Å². The lowest BCUT2D eigenvalue weighted by molar-refractivity contribution is -0.137. The zero-order valence-electron chi connectivity index (χ0n) is 18.1. The molecule has 1 aliphatic rings. The van der Waals surface area contributed by atoms with Crippen LogP contribution in [0.1, 0.15) is 43.2 Å². The predicted octanol–water partition coefficient (Wildman–Crippen LogP) is 3.92. The molecule has 2 atom stereocenters. The van der Waals surface area contributed by atoms with E-state index in [1.165, 1.54) is 6.92 Å². The Kier molecular flexibility index (Phi) is 7.97. The summed E-state index contributed by atoms with van der Waals surface area (Å²) in [4.78, 5) is 35.9. The summed E-state index contributed by atoms with van der Waals surface area (Å²) >= 11 is 0. The van der Waals surface area contributed by atoms with Crippen LogP contribution in [0.2, 0.25) is 0 Å². The van der Waals surface area contributed by atoms with E-state index in [-0.39, 0.29) is 25.4 Å². The van der Waals surface area contributed by atoms with Crippen LogP contribution in [-0.4, -0.2) is 48.2 Å². The summed E-state index contributed by atoms with van der Waals surface area (Å²) < 4.78 is 30.5. The largest absolute Gasteiger partial charge is 0.481 e. The van der Waals surface area contributed by atoms with Crippen LogP contribution < -0.4 is 10.6 Å². The predicted molar refractivity (Wildman–Crippen MR) is 117 cm³/mol. The lowest BCUT2D eigenvalue weighted by atomic mass is 9.98. The number of carbonyl (C=O) groups excluding carboxylic acids is 2. The summed E-state index contributed by atoms with van der Waals surface area (Å²) in [5.74, 6) is -2.07. The number of rotatable bonds is 10. The van der Waals surface area contributed by atoms with Gasteiger partial charge in [-0.3, -0.25) is 9.59 Å². The molecular formula is C24H26F2N2O5. The second kappa shape index (κ2) is 10.9. The highest BCUT2D eigenvalue weighted by molar-refractivity contribution is 5.86. The molecule has 0 radical (unpaired) electrons. The van der Waals surface area contributed by atoms with Crippen molar-refractivity contribution in [1.82, 2.24) is 10.6 Å². The molecule has 2 aromatic rings. The first-order valence-corrected chi connectivity index (χ1v) is 10.7. The van der Waals surface area contributed by atoms with Gasteiger partial charge in [0, 0.05) is 24.8 Å². The van der Waals surface area contributed by atoms with Crippen LogP contribution >= 0.6 is 0 Å². The van der Waals surface area contributed by atoms with Crippen molar-refractivity contribution < 1.29 is 33.0 Å². The molecule has 2 aromatic carbocycles. The van der Waals surface area contributed by atoms with Gasteiger partial charge in [0.15, 0.2) is 0 Å². The molecule has 9 heteroatoms. The van der Waals surface area contributed by atoms with Crippen molar-refractivity contribution >= 4 is 18.0 Å². The van der Waals surface area contributed by atoms with Crippen LogP contribution in [0.5, 0.6) is 0 Å². The number of amides is 2. The van der Waals surface area contributed by atoms with Gasteiger partial charge >= 0.3 is 12.1 Å². The number of benzene rings is 2. The molecule has 7 nitrogen and oxygen atoms in total. The number of alkyl carbamates (subject to hydrolysis) is 1. The number of hydrogen-bond acceptors (Lipinski definition) is 4. The Morgan fingerprint density at radius 2 is 1.58 bits per heavy atom. The van der Waals surface area contributed by atoms with Crippen molar-refractivity contribution in [2.45, 2.75) is 50.6 Å². The van der Waals surface area contributed by atoms with E-state index in [2.05, 4.69) is 10.6 Å². The van der Waals surface area contributed by atoms with Gasteiger partial charge < -0.3 is 20.5 Å². The molecule has 3 rings (SSSR count). The second-order valence-corrected chi connectivity index (χ2v) is 7.99. The fraction of sp³-hybridized carbons (Fsp3) is 0.375. The maximum Gasteiger partial charge on any atom is 0.407 e. The van der Waals surface area contributed by atoms with Crippen molar-refractivity contribution in [2.75, 3.05) is 6.61 Å². The molecule has 1 aliphatic carbocycles. The molecule has 0 spiro atoms. The minimum atomic E-state index is -2.60. The Labute approximate surface area is 190 Å². The van der Waals surface area contributed by atoms with Gasteiger partial charge in [-0.1, -0.05) is 48.5 Å². The Hall–Kier alpha value is -3.49. The zero-order chi connectivity index (χ0) is 24.0. The van der Waals surface area contributed by atoms with E-state index >= 15 is 0 Å². The highest BCUT2D eigenvalue weighted by atomic mass is 19.3. The van der Waals surface area contributed by atoms with E-state index in [1.807, 2.05) is 48.5 Å². The van der Waals surface area contributed by atoms with Gasteiger partial charge in [0.25, 0.3) is 0 Å². The third kappa shape index (κ3) is 6.27. The number of halogens is 2. The summed E-state index contributed by atoms with van der Waals surface area (Å²) in [6.45, 7) is 1.43. The number of hydrogen-bond donors (Lipinski definition) is 3. The van der Waals surface area contributed by atoms with E-state index in [4.69, 9.17) is 9.84 Å². The molecule has 0 saturated heterocycles. The van der Waals surface area contributed by atoms with Crippen molar-refractivity contribution in [3.63, 3.8) is 0 Å². The standard InChI is InChI=1S/C24H26F2N2O5/c1-14(12-21(25)26)27-23(31)20(10-11-22(29)30)28-24(32)33-13-19-17-8-4-2-6-15(17)16-7-3-5-9-18(16)19/h2-9,14,19-21H,10-13H2,1H3,(H,27,31)(H,28,32)(H,29,30). The van der Waals surface area contributed by atoms with Crippen molar-refractivity contribution in [3.05, 3.63) is 59.7 Å². The number of carbonyl (C=O) groups is 3. The molecule has 0 aliphatic heterocycles. The Bertz CT molecular complexity index is 968. The van der Waals surface area contributed by atoms with Crippen LogP contribution in [0, 0.1) is 0 Å². The molecule has 3 N–H and O–H groups in total. The second-order valence-electron chi connectivity index (χ2n) is 7.99. The minimum absolute atomic E-state index is 0.0227. The maximum atomic E-state index is 12.5. The average Bonchev–Trinajstić information content (AvgIpc) is 3.08. The molecule has 33 heavy (non-hydrogen) atoms. The molecule has 176 valence electrons. The average molecular weight is 460 g/mol. The van der Waals surface area contributed by atoms with Gasteiger partial charge in [-0.15, -0.1) is 0 Å². The maximum absolute atomic E-state index is 12.5. The highest BCUT2D eigenvalue weighted by Gasteiger charge is 2.30. The third-order valence-corrected chi connectivity index (χ3v) is 5.52. The van der Waals surface area contributed by atoms with E-state index < -0.39 is 42.9 Å². The van der Waals surface area contributed by atoms with Crippen molar-refractivity contribution in [1.29, 1.82) is 0 Å². The highest BCUT2D eigenvalue weighted by Crippen LogP contribution is 2.44. The number of carboxylic acid groups (broad SMARTS) is 1. The zero-order valence-corrected chi connectivity index (χ0v) is 18.1. The number of aliphatic carboxylic acids is 1. The topological polar surface area (TPSA) is 105 Å². The minimum Gasteiger partial charge on any atom is -0.481 e. The van der Waals surface area contributed by atoms with Crippen LogP contribution in [0.3, 0.4) is 0 Å². The molecule has 2 amide bonds. The first-order valence-electron chi connectivity index (χ1n) is 10.7. The fourth-order valence-electron chi connectivity index (χ4n) is 3.99.